The Balaban J connectivity index is 1.43. The Labute approximate surface area is 192 Å². The van der Waals surface area contributed by atoms with E-state index in [1.807, 2.05) is 29.6 Å². The van der Waals surface area contributed by atoms with E-state index in [0.29, 0.717) is 5.13 Å². The second-order valence-corrected chi connectivity index (χ2v) is 8.87. The Morgan fingerprint density at radius 2 is 1.84 bits per heavy atom. The third kappa shape index (κ3) is 5.34. The maximum Gasteiger partial charge on any atom is 0.228 e. The third-order valence-corrected chi connectivity index (χ3v) is 6.44. The highest BCUT2D eigenvalue weighted by Crippen LogP contribution is 2.30. The molecule has 0 spiro atoms. The van der Waals surface area contributed by atoms with Gasteiger partial charge in [0.25, 0.3) is 0 Å². The number of aromatic nitrogens is 1. The predicted molar refractivity (Wildman–Crippen MR) is 127 cm³/mol. The van der Waals surface area contributed by atoms with E-state index in [1.165, 1.54) is 42.2 Å². The second-order valence-electron chi connectivity index (χ2n) is 8.01. The molecule has 2 N–H and O–H groups in total. The van der Waals surface area contributed by atoms with E-state index < -0.39 is 6.04 Å². The SMILES string of the molecule is COc1ccc(C(CC(=O)Nc2nc(-c3ccc4c(c3)CCCC4)cs2)NC(C)=O)cc1. The normalized spacial score (nSPS) is 13.7. The van der Waals surface area contributed by atoms with Gasteiger partial charge in [-0.25, -0.2) is 4.98 Å². The fourth-order valence-electron chi connectivity index (χ4n) is 4.05. The molecule has 0 bridgehead atoms. The molecule has 1 atom stereocenters. The first kappa shape index (κ1) is 22.0. The molecular formula is C25H27N3O3S. The van der Waals surface area contributed by atoms with Crippen molar-refractivity contribution in [3.05, 3.63) is 64.5 Å². The molecule has 4 rings (SSSR count). The quantitative estimate of drug-likeness (QED) is 0.537. The van der Waals surface area contributed by atoms with Gasteiger partial charge in [0.05, 0.1) is 25.3 Å². The lowest BCUT2D eigenvalue weighted by Crippen LogP contribution is -2.29. The number of aryl methyl sites for hydroxylation is 2. The first-order valence-corrected chi connectivity index (χ1v) is 11.7. The van der Waals surface area contributed by atoms with Gasteiger partial charge < -0.3 is 15.4 Å². The molecule has 0 saturated carbocycles. The number of fused-ring (bicyclic) bond motifs is 1. The zero-order valence-electron chi connectivity index (χ0n) is 18.3. The minimum Gasteiger partial charge on any atom is -0.497 e. The molecular weight excluding hydrogens is 422 g/mol. The van der Waals surface area contributed by atoms with Crippen LogP contribution in [0.2, 0.25) is 0 Å². The van der Waals surface area contributed by atoms with Crippen LogP contribution in [-0.4, -0.2) is 23.9 Å². The molecule has 1 aromatic heterocycles. The molecule has 0 fully saturated rings. The number of hydrogen-bond donors (Lipinski definition) is 2. The summed E-state index contributed by atoms with van der Waals surface area (Å²) < 4.78 is 5.19. The number of nitrogens with zero attached hydrogens (tertiary/aromatic N) is 1. The van der Waals surface area contributed by atoms with E-state index in [9.17, 15) is 9.59 Å². The second kappa shape index (κ2) is 9.96. The monoisotopic (exact) mass is 449 g/mol. The van der Waals surface area contributed by atoms with Gasteiger partial charge in [-0.1, -0.05) is 24.3 Å². The van der Waals surface area contributed by atoms with Crippen molar-refractivity contribution in [2.45, 2.75) is 45.1 Å². The van der Waals surface area contributed by atoms with Gasteiger partial charge in [-0.15, -0.1) is 11.3 Å². The molecule has 2 aromatic carbocycles. The summed E-state index contributed by atoms with van der Waals surface area (Å²) in [6, 6.07) is 13.4. The van der Waals surface area contributed by atoms with Crippen LogP contribution in [0.4, 0.5) is 5.13 Å². The lowest BCUT2D eigenvalue weighted by molar-refractivity contribution is -0.120. The van der Waals surface area contributed by atoms with E-state index in [4.69, 9.17) is 4.74 Å². The van der Waals surface area contributed by atoms with E-state index >= 15 is 0 Å². The lowest BCUT2D eigenvalue weighted by Gasteiger charge is -2.18. The summed E-state index contributed by atoms with van der Waals surface area (Å²) in [5.74, 6) is 0.325. The summed E-state index contributed by atoms with van der Waals surface area (Å²) in [5, 5.41) is 8.26. The molecule has 1 unspecified atom stereocenters. The maximum absolute atomic E-state index is 12.7. The largest absolute Gasteiger partial charge is 0.497 e. The summed E-state index contributed by atoms with van der Waals surface area (Å²) in [6.07, 6.45) is 4.87. The van der Waals surface area contributed by atoms with Crippen molar-refractivity contribution in [1.82, 2.24) is 10.3 Å². The van der Waals surface area contributed by atoms with Crippen LogP contribution >= 0.6 is 11.3 Å². The third-order valence-electron chi connectivity index (χ3n) is 5.68. The van der Waals surface area contributed by atoms with Gasteiger partial charge in [-0.2, -0.15) is 0 Å². The van der Waals surface area contributed by atoms with Gasteiger partial charge in [0.2, 0.25) is 11.8 Å². The van der Waals surface area contributed by atoms with E-state index in [2.05, 4.69) is 33.8 Å². The number of amides is 2. The number of carbonyl (C=O) groups excluding carboxylic acids is 2. The first-order chi connectivity index (χ1) is 15.5. The van der Waals surface area contributed by atoms with Crippen molar-refractivity contribution >= 4 is 28.3 Å². The molecule has 7 heteroatoms. The number of carbonyl (C=O) groups is 2. The highest BCUT2D eigenvalue weighted by molar-refractivity contribution is 7.14. The summed E-state index contributed by atoms with van der Waals surface area (Å²) in [4.78, 5) is 29.0. The molecule has 1 aliphatic rings. The summed E-state index contributed by atoms with van der Waals surface area (Å²) in [6.45, 7) is 1.44. The zero-order valence-corrected chi connectivity index (χ0v) is 19.1. The summed E-state index contributed by atoms with van der Waals surface area (Å²) in [5.41, 5.74) is 5.63. The van der Waals surface area contributed by atoms with Gasteiger partial charge >= 0.3 is 0 Å². The van der Waals surface area contributed by atoms with E-state index in [-0.39, 0.29) is 18.2 Å². The Bertz CT molecular complexity index is 1110. The molecule has 0 aliphatic heterocycles. The van der Waals surface area contributed by atoms with Crippen LogP contribution in [-0.2, 0) is 22.4 Å². The number of methoxy groups -OCH3 is 1. The Morgan fingerprint density at radius 3 is 2.56 bits per heavy atom. The topological polar surface area (TPSA) is 80.3 Å². The van der Waals surface area contributed by atoms with Crippen LogP contribution in [0.5, 0.6) is 5.75 Å². The number of nitrogens with one attached hydrogen (secondary N) is 2. The fourth-order valence-corrected chi connectivity index (χ4v) is 4.78. The van der Waals surface area contributed by atoms with Crippen molar-refractivity contribution in [2.24, 2.45) is 0 Å². The Morgan fingerprint density at radius 1 is 1.09 bits per heavy atom. The van der Waals surface area contributed by atoms with Crippen LogP contribution in [0.1, 0.15) is 48.9 Å². The van der Waals surface area contributed by atoms with E-state index in [0.717, 1.165) is 35.4 Å². The average molecular weight is 450 g/mol. The van der Waals surface area contributed by atoms with Crippen LogP contribution in [0.3, 0.4) is 0 Å². The highest BCUT2D eigenvalue weighted by atomic mass is 32.1. The van der Waals surface area contributed by atoms with Crippen molar-refractivity contribution < 1.29 is 14.3 Å². The zero-order chi connectivity index (χ0) is 22.5. The van der Waals surface area contributed by atoms with Crippen LogP contribution in [0, 0.1) is 0 Å². The number of hydrogen-bond acceptors (Lipinski definition) is 5. The molecule has 6 nitrogen and oxygen atoms in total. The lowest BCUT2D eigenvalue weighted by atomic mass is 9.90. The summed E-state index contributed by atoms with van der Waals surface area (Å²) >= 11 is 1.40. The first-order valence-electron chi connectivity index (χ1n) is 10.8. The molecule has 2 amide bonds. The van der Waals surface area contributed by atoms with Gasteiger partial charge in [-0.05, 0) is 60.6 Å². The fraction of sp³-hybridized carbons (Fsp3) is 0.320. The van der Waals surface area contributed by atoms with Gasteiger partial charge in [0.1, 0.15) is 5.75 Å². The number of thiazole rings is 1. The average Bonchev–Trinajstić information content (AvgIpc) is 3.26. The Hall–Kier alpha value is -3.19. The van der Waals surface area contributed by atoms with Crippen molar-refractivity contribution in [1.29, 1.82) is 0 Å². The molecule has 3 aromatic rings. The number of anilines is 1. The van der Waals surface area contributed by atoms with Crippen LogP contribution in [0.15, 0.2) is 47.8 Å². The summed E-state index contributed by atoms with van der Waals surface area (Å²) in [7, 11) is 1.60. The van der Waals surface area contributed by atoms with Crippen LogP contribution in [0.25, 0.3) is 11.3 Å². The maximum atomic E-state index is 12.7. The molecule has 0 radical (unpaired) electrons. The predicted octanol–water partition coefficient (Wildman–Crippen LogP) is 4.90. The molecule has 0 saturated heterocycles. The molecule has 32 heavy (non-hydrogen) atoms. The van der Waals surface area contributed by atoms with Crippen molar-refractivity contribution in [3.8, 4) is 17.0 Å². The molecule has 166 valence electrons. The molecule has 1 aliphatic carbocycles. The van der Waals surface area contributed by atoms with Crippen molar-refractivity contribution in [3.63, 3.8) is 0 Å². The number of ether oxygens (including phenoxy) is 1. The minimum atomic E-state index is -0.432. The van der Waals surface area contributed by atoms with E-state index in [1.54, 1.807) is 7.11 Å². The number of benzene rings is 2. The highest BCUT2D eigenvalue weighted by Gasteiger charge is 2.19. The molecule has 1 heterocycles. The van der Waals surface area contributed by atoms with Gasteiger partial charge in [0.15, 0.2) is 5.13 Å². The van der Waals surface area contributed by atoms with Gasteiger partial charge in [-0.3, -0.25) is 9.59 Å². The standard InChI is InChI=1S/C25H27N3O3S/c1-16(29)26-22(18-9-11-21(31-2)12-10-18)14-24(30)28-25-27-23(15-32-25)20-8-7-17-5-3-4-6-19(17)13-20/h7-13,15,22H,3-6,14H2,1-2H3,(H,26,29)(H,27,28,30). The number of rotatable bonds is 7. The van der Waals surface area contributed by atoms with Crippen LogP contribution < -0.4 is 15.4 Å². The Kier molecular flexibility index (Phi) is 6.85. The van der Waals surface area contributed by atoms with Gasteiger partial charge in [0, 0.05) is 17.9 Å². The minimum absolute atomic E-state index is 0.111. The smallest absolute Gasteiger partial charge is 0.228 e. The van der Waals surface area contributed by atoms with Crippen molar-refractivity contribution in [2.75, 3.05) is 12.4 Å².